The van der Waals surface area contributed by atoms with Crippen molar-refractivity contribution in [3.05, 3.63) is 84.1 Å². The Labute approximate surface area is 186 Å². The van der Waals surface area contributed by atoms with Crippen LogP contribution in [0.15, 0.2) is 77.0 Å². The Balaban J connectivity index is 1.43. The molecule has 0 unspecified atom stereocenters. The average molecular weight is 448 g/mol. The molecule has 0 aliphatic carbocycles. The first-order valence-corrected chi connectivity index (χ1v) is 10.4. The molecule has 4 aromatic rings. The molecule has 7 nitrogen and oxygen atoms in total. The molecule has 2 heterocycles. The van der Waals surface area contributed by atoms with E-state index in [4.69, 9.17) is 4.42 Å². The van der Waals surface area contributed by atoms with Crippen LogP contribution in [0.5, 0.6) is 0 Å². The highest BCUT2D eigenvalue weighted by Gasteiger charge is 2.20. The normalized spacial score (nSPS) is 10.9. The summed E-state index contributed by atoms with van der Waals surface area (Å²) in [5.41, 5.74) is 2.06. The maximum absolute atomic E-state index is 14.2. The molecule has 2 aromatic carbocycles. The lowest BCUT2D eigenvalue weighted by molar-refractivity contribution is -0.116. The maximum Gasteiger partial charge on any atom is 0.248 e. The molecule has 9 heteroatoms. The Bertz CT molecular complexity index is 1270. The number of hydrogen-bond donors (Lipinski definition) is 1. The van der Waals surface area contributed by atoms with Gasteiger partial charge in [-0.25, -0.2) is 14.4 Å². The minimum Gasteiger partial charge on any atom is -0.444 e. The van der Waals surface area contributed by atoms with Crippen molar-refractivity contribution >= 4 is 45.7 Å². The first kappa shape index (κ1) is 21.1. The van der Waals surface area contributed by atoms with Gasteiger partial charge in [0.2, 0.25) is 11.8 Å². The highest BCUT2D eigenvalue weighted by Crippen LogP contribution is 2.31. The van der Waals surface area contributed by atoms with Gasteiger partial charge in [-0.2, -0.15) is 0 Å². The van der Waals surface area contributed by atoms with Gasteiger partial charge in [0.1, 0.15) is 5.82 Å². The summed E-state index contributed by atoms with van der Waals surface area (Å²) in [4.78, 5) is 33.8. The Morgan fingerprint density at radius 2 is 1.94 bits per heavy atom. The highest BCUT2D eigenvalue weighted by atomic mass is 32.1. The second-order valence-corrected chi connectivity index (χ2v) is 7.46. The van der Waals surface area contributed by atoms with Gasteiger partial charge in [-0.1, -0.05) is 12.1 Å². The van der Waals surface area contributed by atoms with Gasteiger partial charge in [0.15, 0.2) is 17.3 Å². The first-order chi connectivity index (χ1) is 15.5. The molecule has 0 saturated carbocycles. The molecule has 0 fully saturated rings. The summed E-state index contributed by atoms with van der Waals surface area (Å²) in [5, 5.41) is 4.75. The molecule has 0 spiro atoms. The molecule has 2 aromatic heterocycles. The van der Waals surface area contributed by atoms with Crippen LogP contribution in [0.4, 0.5) is 20.9 Å². The predicted molar refractivity (Wildman–Crippen MR) is 121 cm³/mol. The molecule has 0 aliphatic rings. The largest absolute Gasteiger partial charge is 0.444 e. The standard InChI is InChI=1S/C23H17FN4O3S/c1-15(29)28(20-5-3-2-4-19(20)24)23-27-18(13-32-23)10-11-22(30)26-17-8-6-16(7-9-17)21-12-25-14-31-21/h2-14H,1H3,(H,26,30). The third-order valence-electron chi connectivity index (χ3n) is 4.38. The van der Waals surface area contributed by atoms with Crippen LogP contribution in [-0.4, -0.2) is 21.8 Å². The molecule has 160 valence electrons. The number of carbonyl (C=O) groups is 2. The number of thiazole rings is 1. The van der Waals surface area contributed by atoms with Gasteiger partial charge in [0.05, 0.1) is 17.6 Å². The zero-order valence-corrected chi connectivity index (χ0v) is 17.7. The third-order valence-corrected chi connectivity index (χ3v) is 5.23. The molecule has 1 N–H and O–H groups in total. The lowest BCUT2D eigenvalue weighted by Gasteiger charge is -2.18. The Morgan fingerprint density at radius 1 is 1.16 bits per heavy atom. The smallest absolute Gasteiger partial charge is 0.248 e. The van der Waals surface area contributed by atoms with Crippen molar-refractivity contribution < 1.29 is 18.4 Å². The number of benzene rings is 2. The molecule has 2 amide bonds. The average Bonchev–Trinajstić information content (AvgIpc) is 3.47. The molecule has 4 rings (SSSR count). The second kappa shape index (κ2) is 9.36. The summed E-state index contributed by atoms with van der Waals surface area (Å²) in [6.07, 6.45) is 5.83. The summed E-state index contributed by atoms with van der Waals surface area (Å²) < 4.78 is 19.4. The molecule has 0 bridgehead atoms. The summed E-state index contributed by atoms with van der Waals surface area (Å²) >= 11 is 1.18. The number of oxazole rings is 1. The van der Waals surface area contributed by atoms with Crippen molar-refractivity contribution in [1.29, 1.82) is 0 Å². The fraction of sp³-hybridized carbons (Fsp3) is 0.0435. The number of nitrogens with one attached hydrogen (secondary N) is 1. The van der Waals surface area contributed by atoms with Crippen LogP contribution in [0.1, 0.15) is 12.6 Å². The van der Waals surface area contributed by atoms with Gasteiger partial charge < -0.3 is 9.73 Å². The van der Waals surface area contributed by atoms with Crippen LogP contribution >= 0.6 is 11.3 Å². The van der Waals surface area contributed by atoms with Crippen molar-refractivity contribution in [1.82, 2.24) is 9.97 Å². The fourth-order valence-electron chi connectivity index (χ4n) is 2.92. The van der Waals surface area contributed by atoms with Crippen LogP contribution in [-0.2, 0) is 9.59 Å². The van der Waals surface area contributed by atoms with Gasteiger partial charge in [-0.15, -0.1) is 11.3 Å². The number of rotatable bonds is 6. The molecule has 0 aliphatic heterocycles. The van der Waals surface area contributed by atoms with Gasteiger partial charge in [-0.05, 0) is 42.5 Å². The number of carbonyl (C=O) groups excluding carboxylic acids is 2. The van der Waals surface area contributed by atoms with Gasteiger partial charge >= 0.3 is 0 Å². The third kappa shape index (κ3) is 4.79. The zero-order chi connectivity index (χ0) is 22.5. The van der Waals surface area contributed by atoms with Gasteiger partial charge in [0.25, 0.3) is 0 Å². The highest BCUT2D eigenvalue weighted by molar-refractivity contribution is 7.14. The summed E-state index contributed by atoms with van der Waals surface area (Å²) in [6.45, 7) is 1.34. The van der Waals surface area contributed by atoms with Crippen LogP contribution in [0, 0.1) is 5.82 Å². The Hall–Kier alpha value is -4.11. The number of anilines is 3. The maximum atomic E-state index is 14.2. The summed E-state index contributed by atoms with van der Waals surface area (Å²) in [6, 6.07) is 13.1. The monoisotopic (exact) mass is 448 g/mol. The van der Waals surface area contributed by atoms with E-state index in [1.807, 2.05) is 12.1 Å². The van der Waals surface area contributed by atoms with Crippen molar-refractivity contribution in [2.45, 2.75) is 6.92 Å². The predicted octanol–water partition coefficient (Wildman–Crippen LogP) is 5.27. The second-order valence-electron chi connectivity index (χ2n) is 6.63. The summed E-state index contributed by atoms with van der Waals surface area (Å²) in [7, 11) is 0. The van der Waals surface area contributed by atoms with E-state index in [9.17, 15) is 14.0 Å². The van der Waals surface area contributed by atoms with Crippen molar-refractivity contribution in [3.63, 3.8) is 0 Å². The molecule has 32 heavy (non-hydrogen) atoms. The lowest BCUT2D eigenvalue weighted by Crippen LogP contribution is -2.23. The van der Waals surface area contributed by atoms with E-state index in [0.717, 1.165) is 5.56 Å². The number of halogens is 1. The van der Waals surface area contributed by atoms with Gasteiger partial charge in [0, 0.05) is 29.6 Å². The number of nitrogens with zero attached hydrogens (tertiary/aromatic N) is 3. The number of aromatic nitrogens is 2. The Kier molecular flexibility index (Phi) is 6.18. The molecule has 0 radical (unpaired) electrons. The van der Waals surface area contributed by atoms with Crippen LogP contribution < -0.4 is 10.2 Å². The number of hydrogen-bond acceptors (Lipinski definition) is 6. The molecular weight excluding hydrogens is 431 g/mol. The fourth-order valence-corrected chi connectivity index (χ4v) is 3.76. The van der Waals surface area contributed by atoms with E-state index in [2.05, 4.69) is 15.3 Å². The number of para-hydroxylation sites is 1. The lowest BCUT2D eigenvalue weighted by atomic mass is 10.1. The first-order valence-electron chi connectivity index (χ1n) is 9.50. The van der Waals surface area contributed by atoms with E-state index in [1.165, 1.54) is 53.8 Å². The Morgan fingerprint density at radius 3 is 2.62 bits per heavy atom. The van der Waals surface area contributed by atoms with E-state index < -0.39 is 5.82 Å². The van der Waals surface area contributed by atoms with E-state index in [1.54, 1.807) is 35.8 Å². The van der Waals surface area contributed by atoms with Crippen molar-refractivity contribution in [3.8, 4) is 11.3 Å². The van der Waals surface area contributed by atoms with E-state index >= 15 is 0 Å². The van der Waals surface area contributed by atoms with Crippen LogP contribution in [0.25, 0.3) is 17.4 Å². The van der Waals surface area contributed by atoms with Crippen LogP contribution in [0.2, 0.25) is 0 Å². The quantitative estimate of drug-likeness (QED) is 0.406. The molecule has 0 saturated heterocycles. The number of amides is 2. The SMILES string of the molecule is CC(=O)N(c1nc(C=CC(=O)Nc2ccc(-c3cnco3)cc2)cs1)c1ccccc1F. The van der Waals surface area contributed by atoms with E-state index in [0.29, 0.717) is 22.3 Å². The molecule has 0 atom stereocenters. The van der Waals surface area contributed by atoms with Crippen LogP contribution in [0.3, 0.4) is 0 Å². The summed E-state index contributed by atoms with van der Waals surface area (Å²) in [5.74, 6) is -0.600. The van der Waals surface area contributed by atoms with E-state index in [-0.39, 0.29) is 17.5 Å². The topological polar surface area (TPSA) is 88.3 Å². The van der Waals surface area contributed by atoms with Crippen molar-refractivity contribution in [2.75, 3.05) is 10.2 Å². The van der Waals surface area contributed by atoms with Crippen molar-refractivity contribution in [2.24, 2.45) is 0 Å². The molecular formula is C23H17FN4O3S. The minimum atomic E-state index is -0.524. The van der Waals surface area contributed by atoms with Gasteiger partial charge in [-0.3, -0.25) is 14.5 Å². The zero-order valence-electron chi connectivity index (χ0n) is 16.9. The minimum absolute atomic E-state index is 0.122.